The van der Waals surface area contributed by atoms with E-state index in [0.29, 0.717) is 11.3 Å². The molecule has 1 rings (SSSR count). The maximum absolute atomic E-state index is 13.1. The summed E-state index contributed by atoms with van der Waals surface area (Å²) in [6.07, 6.45) is -0.547. The largest absolute Gasteiger partial charge is 0.372 e. The molecule has 4 heteroatoms. The van der Waals surface area contributed by atoms with Crippen molar-refractivity contribution in [3.63, 3.8) is 0 Å². The van der Waals surface area contributed by atoms with Crippen LogP contribution < -0.4 is 5.32 Å². The lowest BCUT2D eigenvalue weighted by Crippen LogP contribution is -2.26. The minimum absolute atomic E-state index is 0.291. The first-order valence-electron chi connectivity index (χ1n) is 4.64. The van der Waals surface area contributed by atoms with Crippen LogP contribution in [0.2, 0.25) is 0 Å². The van der Waals surface area contributed by atoms with Crippen LogP contribution in [0.3, 0.4) is 0 Å². The molecular formula is C11H14FNO2. The third-order valence-electron chi connectivity index (χ3n) is 2.16. The quantitative estimate of drug-likeness (QED) is 0.831. The van der Waals surface area contributed by atoms with Gasteiger partial charge < -0.3 is 10.1 Å². The Bertz CT molecular complexity index is 366. The van der Waals surface area contributed by atoms with E-state index in [-0.39, 0.29) is 11.7 Å². The minimum atomic E-state index is -0.547. The highest BCUT2D eigenvalue weighted by Gasteiger charge is 2.11. The fourth-order valence-corrected chi connectivity index (χ4v) is 1.02. The highest BCUT2D eigenvalue weighted by Crippen LogP contribution is 2.13. The number of benzene rings is 1. The smallest absolute Gasteiger partial charge is 0.253 e. The molecule has 1 aromatic rings. The van der Waals surface area contributed by atoms with Gasteiger partial charge in [0, 0.05) is 12.8 Å². The Morgan fingerprint density at radius 1 is 1.53 bits per heavy atom. The molecule has 0 aliphatic rings. The van der Waals surface area contributed by atoms with E-state index in [1.165, 1.54) is 13.2 Å². The van der Waals surface area contributed by atoms with Gasteiger partial charge in [-0.05, 0) is 31.5 Å². The van der Waals surface area contributed by atoms with Crippen LogP contribution >= 0.6 is 0 Å². The fourth-order valence-electron chi connectivity index (χ4n) is 1.02. The molecule has 1 unspecified atom stereocenters. The monoisotopic (exact) mass is 211 g/mol. The Hall–Kier alpha value is -1.42. The molecule has 1 aromatic carbocycles. The van der Waals surface area contributed by atoms with Crippen molar-refractivity contribution in [1.29, 1.82) is 0 Å². The van der Waals surface area contributed by atoms with E-state index in [1.54, 1.807) is 26.0 Å². The molecule has 0 aromatic heterocycles. The van der Waals surface area contributed by atoms with E-state index >= 15 is 0 Å². The number of amides is 1. The molecular weight excluding hydrogens is 197 g/mol. The second-order valence-corrected chi connectivity index (χ2v) is 3.33. The summed E-state index contributed by atoms with van der Waals surface area (Å²) in [4.78, 5) is 11.4. The van der Waals surface area contributed by atoms with Gasteiger partial charge in [-0.2, -0.15) is 0 Å². The summed E-state index contributed by atoms with van der Waals surface area (Å²) in [6, 6.07) is 4.55. The maximum Gasteiger partial charge on any atom is 0.253 e. The lowest BCUT2D eigenvalue weighted by molar-refractivity contribution is -0.124. The molecule has 0 fully saturated rings. The summed E-state index contributed by atoms with van der Waals surface area (Å²) in [6.45, 7) is 3.29. The summed E-state index contributed by atoms with van der Waals surface area (Å²) in [5.41, 5.74) is 0.986. The highest BCUT2D eigenvalue weighted by molar-refractivity contribution is 5.93. The molecule has 3 nitrogen and oxygen atoms in total. The third kappa shape index (κ3) is 3.02. The second kappa shape index (κ2) is 4.89. The molecule has 0 aliphatic carbocycles. The van der Waals surface area contributed by atoms with Gasteiger partial charge in [-0.1, -0.05) is 6.07 Å². The van der Waals surface area contributed by atoms with Gasteiger partial charge in [-0.15, -0.1) is 0 Å². The normalized spacial score (nSPS) is 12.3. The molecule has 0 saturated carbocycles. The lowest BCUT2D eigenvalue weighted by atomic mass is 10.2. The Kier molecular flexibility index (Phi) is 3.80. The Labute approximate surface area is 88.2 Å². The SMILES string of the molecule is COC(C)C(=O)Nc1ccc(C)c(F)c1. The molecule has 0 aliphatic heterocycles. The van der Waals surface area contributed by atoms with E-state index < -0.39 is 6.10 Å². The zero-order chi connectivity index (χ0) is 11.4. The molecule has 0 spiro atoms. The van der Waals surface area contributed by atoms with E-state index in [0.717, 1.165) is 0 Å². The molecule has 82 valence electrons. The number of rotatable bonds is 3. The number of anilines is 1. The van der Waals surface area contributed by atoms with Gasteiger partial charge >= 0.3 is 0 Å². The molecule has 0 saturated heterocycles. The van der Waals surface area contributed by atoms with Crippen LogP contribution in [0.4, 0.5) is 10.1 Å². The van der Waals surface area contributed by atoms with Crippen LogP contribution in [0.1, 0.15) is 12.5 Å². The van der Waals surface area contributed by atoms with E-state index in [4.69, 9.17) is 4.74 Å². The van der Waals surface area contributed by atoms with E-state index in [9.17, 15) is 9.18 Å². The van der Waals surface area contributed by atoms with Crippen molar-refractivity contribution in [3.8, 4) is 0 Å². The number of aryl methyl sites for hydroxylation is 1. The number of ether oxygens (including phenoxy) is 1. The van der Waals surface area contributed by atoms with Gasteiger partial charge in [-0.3, -0.25) is 4.79 Å². The van der Waals surface area contributed by atoms with E-state index in [2.05, 4.69) is 5.32 Å². The summed E-state index contributed by atoms with van der Waals surface area (Å²) < 4.78 is 18.0. The molecule has 1 amide bonds. The summed E-state index contributed by atoms with van der Waals surface area (Å²) >= 11 is 0. The number of carbonyl (C=O) groups is 1. The highest BCUT2D eigenvalue weighted by atomic mass is 19.1. The van der Waals surface area contributed by atoms with Crippen LogP contribution in [-0.4, -0.2) is 19.1 Å². The molecule has 0 heterocycles. The number of halogens is 1. The Morgan fingerprint density at radius 3 is 2.73 bits per heavy atom. The standard InChI is InChI=1S/C11H14FNO2/c1-7-4-5-9(6-10(7)12)13-11(14)8(2)15-3/h4-6,8H,1-3H3,(H,13,14). The van der Waals surface area contributed by atoms with Crippen LogP contribution in [0.5, 0.6) is 0 Å². The number of nitrogens with one attached hydrogen (secondary N) is 1. The molecule has 15 heavy (non-hydrogen) atoms. The first kappa shape index (κ1) is 11.7. The summed E-state index contributed by atoms with van der Waals surface area (Å²) in [5, 5.41) is 2.56. The Balaban J connectivity index is 2.73. The van der Waals surface area contributed by atoms with E-state index in [1.807, 2.05) is 0 Å². The zero-order valence-electron chi connectivity index (χ0n) is 9.00. The van der Waals surface area contributed by atoms with Crippen molar-refractivity contribution in [2.45, 2.75) is 20.0 Å². The van der Waals surface area contributed by atoms with Gasteiger partial charge in [0.1, 0.15) is 11.9 Å². The summed E-state index contributed by atoms with van der Waals surface area (Å²) in [5.74, 6) is -0.626. The van der Waals surface area contributed by atoms with Crippen molar-refractivity contribution in [2.24, 2.45) is 0 Å². The maximum atomic E-state index is 13.1. The van der Waals surface area contributed by atoms with Crippen molar-refractivity contribution in [1.82, 2.24) is 0 Å². The zero-order valence-corrected chi connectivity index (χ0v) is 9.00. The molecule has 0 bridgehead atoms. The van der Waals surface area contributed by atoms with Crippen molar-refractivity contribution < 1.29 is 13.9 Å². The van der Waals surface area contributed by atoms with Gasteiger partial charge in [0.05, 0.1) is 0 Å². The average Bonchev–Trinajstić information content (AvgIpc) is 2.22. The van der Waals surface area contributed by atoms with Gasteiger partial charge in [0.15, 0.2) is 0 Å². The van der Waals surface area contributed by atoms with Crippen molar-refractivity contribution >= 4 is 11.6 Å². The summed E-state index contributed by atoms with van der Waals surface area (Å²) in [7, 11) is 1.44. The number of methoxy groups -OCH3 is 1. The number of carbonyl (C=O) groups excluding carboxylic acids is 1. The minimum Gasteiger partial charge on any atom is -0.372 e. The van der Waals surface area contributed by atoms with Gasteiger partial charge in [0.25, 0.3) is 5.91 Å². The first-order chi connectivity index (χ1) is 7.04. The van der Waals surface area contributed by atoms with Crippen LogP contribution in [0, 0.1) is 12.7 Å². The van der Waals surface area contributed by atoms with Crippen LogP contribution in [0.25, 0.3) is 0 Å². The first-order valence-corrected chi connectivity index (χ1v) is 4.64. The second-order valence-electron chi connectivity index (χ2n) is 3.33. The van der Waals surface area contributed by atoms with Crippen LogP contribution in [0.15, 0.2) is 18.2 Å². The topological polar surface area (TPSA) is 38.3 Å². The van der Waals surface area contributed by atoms with Crippen LogP contribution in [-0.2, 0) is 9.53 Å². The fraction of sp³-hybridized carbons (Fsp3) is 0.364. The Morgan fingerprint density at radius 2 is 2.20 bits per heavy atom. The number of hydrogen-bond acceptors (Lipinski definition) is 2. The third-order valence-corrected chi connectivity index (χ3v) is 2.16. The van der Waals surface area contributed by atoms with Gasteiger partial charge in [0.2, 0.25) is 0 Å². The molecule has 0 radical (unpaired) electrons. The predicted octanol–water partition coefficient (Wildman–Crippen LogP) is 2.11. The molecule has 1 N–H and O–H groups in total. The van der Waals surface area contributed by atoms with Gasteiger partial charge in [-0.25, -0.2) is 4.39 Å². The number of hydrogen-bond donors (Lipinski definition) is 1. The van der Waals surface area contributed by atoms with Crippen molar-refractivity contribution in [3.05, 3.63) is 29.6 Å². The average molecular weight is 211 g/mol. The predicted molar refractivity (Wildman–Crippen MR) is 56.2 cm³/mol. The van der Waals surface area contributed by atoms with Crippen molar-refractivity contribution in [2.75, 3.05) is 12.4 Å². The molecule has 1 atom stereocenters. The lowest BCUT2D eigenvalue weighted by Gasteiger charge is -2.10.